The highest BCUT2D eigenvalue weighted by atomic mass is 32.2. The highest BCUT2D eigenvalue weighted by Gasteiger charge is 2.21. The number of thioether (sulfide) groups is 1. The zero-order valence-corrected chi connectivity index (χ0v) is 14.3. The van der Waals surface area contributed by atoms with E-state index >= 15 is 0 Å². The minimum atomic E-state index is -0.0280. The van der Waals surface area contributed by atoms with E-state index in [0.29, 0.717) is 11.8 Å². The zero-order valence-electron chi connectivity index (χ0n) is 12.7. The zero-order chi connectivity index (χ0) is 15.8. The molecule has 120 valence electrons. The minimum Gasteiger partial charge on any atom is -0.269 e. The van der Waals surface area contributed by atoms with Gasteiger partial charge in [0.25, 0.3) is 5.56 Å². The van der Waals surface area contributed by atoms with Gasteiger partial charge in [0.15, 0.2) is 4.96 Å². The van der Waals surface area contributed by atoms with Crippen LogP contribution in [0.5, 0.6) is 0 Å². The predicted octanol–water partition coefficient (Wildman–Crippen LogP) is 2.46. The Morgan fingerprint density at radius 1 is 1.39 bits per heavy atom. The summed E-state index contributed by atoms with van der Waals surface area (Å²) < 4.78 is 3.57. The lowest BCUT2D eigenvalue weighted by Crippen LogP contribution is -2.14. The molecule has 0 N–H and O–H groups in total. The largest absolute Gasteiger partial charge is 0.269 e. The number of hydrogen-bond acceptors (Lipinski definition) is 7. The average molecular weight is 348 g/mol. The molecule has 1 fully saturated rings. The van der Waals surface area contributed by atoms with Crippen LogP contribution in [-0.2, 0) is 5.75 Å². The van der Waals surface area contributed by atoms with Gasteiger partial charge in [-0.05, 0) is 30.2 Å². The van der Waals surface area contributed by atoms with Crippen LogP contribution in [0, 0.1) is 6.92 Å². The third-order valence-electron chi connectivity index (χ3n) is 4.11. The van der Waals surface area contributed by atoms with Crippen LogP contribution >= 0.6 is 23.1 Å². The van der Waals surface area contributed by atoms with Crippen molar-refractivity contribution < 1.29 is 0 Å². The van der Waals surface area contributed by atoms with E-state index in [1.807, 2.05) is 17.0 Å². The number of aryl methyl sites for hydroxylation is 1. The number of hydrogen-bond donors (Lipinski definition) is 0. The standard InChI is InChI=1S/C14H16N6OS2/c1-9-7-22-13-15-10(6-12(21)19(9)13)8-23-14-16-17-18-20(14)11-4-2-3-5-11/h6-7,11H,2-5,8H2,1H3. The van der Waals surface area contributed by atoms with Crippen LogP contribution < -0.4 is 5.56 Å². The van der Waals surface area contributed by atoms with Crippen molar-refractivity contribution >= 4 is 28.1 Å². The first-order chi connectivity index (χ1) is 11.2. The summed E-state index contributed by atoms with van der Waals surface area (Å²) in [7, 11) is 0. The lowest BCUT2D eigenvalue weighted by Gasteiger charge is -2.10. The summed E-state index contributed by atoms with van der Waals surface area (Å²) in [6.07, 6.45) is 4.75. The molecule has 7 nitrogen and oxygen atoms in total. The van der Waals surface area contributed by atoms with Crippen molar-refractivity contribution in [3.63, 3.8) is 0 Å². The molecule has 1 aliphatic carbocycles. The van der Waals surface area contributed by atoms with Gasteiger partial charge in [-0.1, -0.05) is 24.6 Å². The molecular formula is C14H16N6OS2. The Balaban J connectivity index is 1.55. The molecule has 3 aromatic heterocycles. The van der Waals surface area contributed by atoms with E-state index in [2.05, 4.69) is 20.5 Å². The number of aromatic nitrogens is 6. The summed E-state index contributed by atoms with van der Waals surface area (Å²) in [4.78, 5) is 17.5. The molecule has 0 aromatic carbocycles. The molecule has 0 unspecified atom stereocenters. The van der Waals surface area contributed by atoms with Crippen molar-refractivity contribution in [1.29, 1.82) is 0 Å². The monoisotopic (exact) mass is 348 g/mol. The smallest absolute Gasteiger partial charge is 0.258 e. The van der Waals surface area contributed by atoms with Gasteiger partial charge in [-0.3, -0.25) is 9.20 Å². The van der Waals surface area contributed by atoms with E-state index in [-0.39, 0.29) is 5.56 Å². The lowest BCUT2D eigenvalue weighted by atomic mass is 10.3. The van der Waals surface area contributed by atoms with Crippen molar-refractivity contribution in [1.82, 2.24) is 29.6 Å². The molecule has 0 atom stereocenters. The summed E-state index contributed by atoms with van der Waals surface area (Å²) in [5.41, 5.74) is 1.66. The van der Waals surface area contributed by atoms with Crippen LogP contribution in [0.25, 0.3) is 4.96 Å². The number of tetrazole rings is 1. The minimum absolute atomic E-state index is 0.0280. The van der Waals surface area contributed by atoms with Gasteiger partial charge in [0.2, 0.25) is 5.16 Å². The van der Waals surface area contributed by atoms with E-state index in [4.69, 9.17) is 0 Å². The van der Waals surface area contributed by atoms with Crippen molar-refractivity contribution in [3.05, 3.63) is 33.2 Å². The molecule has 0 aliphatic heterocycles. The maximum atomic E-state index is 12.2. The van der Waals surface area contributed by atoms with Crippen LogP contribution in [0.4, 0.5) is 0 Å². The number of thiazole rings is 1. The highest BCUT2D eigenvalue weighted by Crippen LogP contribution is 2.32. The Morgan fingerprint density at radius 2 is 2.22 bits per heavy atom. The first kappa shape index (κ1) is 14.8. The third kappa shape index (κ3) is 2.78. The maximum absolute atomic E-state index is 12.2. The van der Waals surface area contributed by atoms with Gasteiger partial charge in [-0.15, -0.1) is 16.4 Å². The second-order valence-corrected chi connectivity index (χ2v) is 7.49. The van der Waals surface area contributed by atoms with Gasteiger partial charge in [-0.2, -0.15) is 0 Å². The maximum Gasteiger partial charge on any atom is 0.258 e. The van der Waals surface area contributed by atoms with Gasteiger partial charge in [0.05, 0.1) is 11.7 Å². The van der Waals surface area contributed by atoms with Gasteiger partial charge in [0.1, 0.15) is 0 Å². The summed E-state index contributed by atoms with van der Waals surface area (Å²) in [5.74, 6) is 0.593. The Kier molecular flexibility index (Phi) is 3.90. The topological polar surface area (TPSA) is 78.0 Å². The van der Waals surface area contributed by atoms with Gasteiger partial charge in [-0.25, -0.2) is 9.67 Å². The Morgan fingerprint density at radius 3 is 3.04 bits per heavy atom. The van der Waals surface area contributed by atoms with Gasteiger partial charge >= 0.3 is 0 Å². The van der Waals surface area contributed by atoms with Crippen LogP contribution in [0.3, 0.4) is 0 Å². The van der Waals surface area contributed by atoms with Crippen molar-refractivity contribution in [2.45, 2.75) is 49.6 Å². The van der Waals surface area contributed by atoms with E-state index in [0.717, 1.165) is 34.3 Å². The Bertz CT molecular complexity index is 892. The summed E-state index contributed by atoms with van der Waals surface area (Å²) in [6.45, 7) is 1.91. The predicted molar refractivity (Wildman–Crippen MR) is 89.0 cm³/mol. The fourth-order valence-corrected chi connectivity index (χ4v) is 4.70. The second kappa shape index (κ2) is 6.04. The first-order valence-corrected chi connectivity index (χ1v) is 9.46. The van der Waals surface area contributed by atoms with Crippen LogP contribution in [0.1, 0.15) is 43.1 Å². The molecule has 0 amide bonds. The molecule has 3 heterocycles. The van der Waals surface area contributed by atoms with Crippen molar-refractivity contribution in [2.75, 3.05) is 0 Å². The molecule has 0 saturated heterocycles. The number of nitrogens with zero attached hydrogens (tertiary/aromatic N) is 6. The van der Waals surface area contributed by atoms with Gasteiger partial charge in [0, 0.05) is 22.9 Å². The Labute approximate surface area is 140 Å². The molecule has 0 bridgehead atoms. The molecule has 4 rings (SSSR count). The molecule has 1 aliphatic rings. The summed E-state index contributed by atoms with van der Waals surface area (Å²) >= 11 is 3.02. The second-order valence-electron chi connectivity index (χ2n) is 5.71. The van der Waals surface area contributed by atoms with E-state index in [1.54, 1.807) is 10.5 Å². The summed E-state index contributed by atoms with van der Waals surface area (Å²) in [5, 5.41) is 14.8. The van der Waals surface area contributed by atoms with E-state index in [9.17, 15) is 4.79 Å². The molecule has 9 heteroatoms. The lowest BCUT2D eigenvalue weighted by molar-refractivity contribution is 0.423. The molecule has 23 heavy (non-hydrogen) atoms. The molecule has 0 spiro atoms. The van der Waals surface area contributed by atoms with Crippen molar-refractivity contribution in [2.24, 2.45) is 0 Å². The quantitative estimate of drug-likeness (QED) is 0.674. The first-order valence-electron chi connectivity index (χ1n) is 7.60. The fourth-order valence-electron chi connectivity index (χ4n) is 2.97. The molecule has 3 aromatic rings. The van der Waals surface area contributed by atoms with E-state index in [1.165, 1.54) is 35.9 Å². The highest BCUT2D eigenvalue weighted by molar-refractivity contribution is 7.98. The van der Waals surface area contributed by atoms with Gasteiger partial charge < -0.3 is 0 Å². The van der Waals surface area contributed by atoms with E-state index < -0.39 is 0 Å². The summed E-state index contributed by atoms with van der Waals surface area (Å²) in [6, 6.07) is 2.01. The molecular weight excluding hydrogens is 332 g/mol. The number of fused-ring (bicyclic) bond motifs is 1. The van der Waals surface area contributed by atoms with Crippen LogP contribution in [-0.4, -0.2) is 29.6 Å². The SMILES string of the molecule is Cc1csc2nc(CSc3nnnn3C3CCCC3)cc(=O)n12. The third-order valence-corrected chi connectivity index (χ3v) is 6.02. The number of rotatable bonds is 4. The van der Waals surface area contributed by atoms with Crippen molar-refractivity contribution in [3.8, 4) is 0 Å². The average Bonchev–Trinajstić information content (AvgIpc) is 3.25. The molecule has 1 saturated carbocycles. The fraction of sp³-hybridized carbons (Fsp3) is 0.500. The normalized spacial score (nSPS) is 15.7. The Hall–Kier alpha value is -1.74. The molecule has 0 radical (unpaired) electrons. The van der Waals surface area contributed by atoms with Crippen LogP contribution in [0.2, 0.25) is 0 Å². The van der Waals surface area contributed by atoms with Crippen LogP contribution in [0.15, 0.2) is 21.4 Å².